The minimum Gasteiger partial charge on any atom is -0.461 e. The maximum absolute atomic E-state index is 5.35. The van der Waals surface area contributed by atoms with E-state index in [0.29, 0.717) is 17.5 Å². The van der Waals surface area contributed by atoms with Gasteiger partial charge in [-0.05, 0) is 43.8 Å². The molecule has 5 nitrogen and oxygen atoms in total. The number of nitrogens with zero attached hydrogens (tertiary/aromatic N) is 2. The predicted octanol–water partition coefficient (Wildman–Crippen LogP) is 2.76. The highest BCUT2D eigenvalue weighted by molar-refractivity contribution is 5.60. The molecule has 1 N–H and O–H groups in total. The van der Waals surface area contributed by atoms with E-state index >= 15 is 0 Å². The third-order valence-corrected chi connectivity index (χ3v) is 3.06. The number of likely N-dealkylation sites (N-methyl/N-ethyl adjacent to an activating group) is 1. The van der Waals surface area contributed by atoms with Crippen LogP contribution in [-0.2, 0) is 6.42 Å². The minimum absolute atomic E-state index is 0.466. The normalized spacial score (nSPS) is 10.8. The molecule has 0 aliphatic carbocycles. The maximum Gasteiger partial charge on any atom is 0.258 e. The first kappa shape index (κ1) is 12.6. The first-order valence-corrected chi connectivity index (χ1v) is 6.49. The molecule has 0 saturated carbocycles. The van der Waals surface area contributed by atoms with Crippen molar-refractivity contribution in [1.29, 1.82) is 0 Å². The van der Waals surface area contributed by atoms with E-state index in [0.717, 1.165) is 18.5 Å². The Labute approximate surface area is 116 Å². The Kier molecular flexibility index (Phi) is 3.60. The van der Waals surface area contributed by atoms with Crippen molar-refractivity contribution in [3.05, 3.63) is 48.2 Å². The van der Waals surface area contributed by atoms with Gasteiger partial charge >= 0.3 is 0 Å². The summed E-state index contributed by atoms with van der Waals surface area (Å²) in [7, 11) is 1.93. The van der Waals surface area contributed by atoms with Crippen molar-refractivity contribution in [3.63, 3.8) is 0 Å². The molecule has 5 heteroatoms. The van der Waals surface area contributed by atoms with Crippen molar-refractivity contribution in [1.82, 2.24) is 15.5 Å². The van der Waals surface area contributed by atoms with Crippen LogP contribution >= 0.6 is 0 Å². The van der Waals surface area contributed by atoms with Gasteiger partial charge in [0.05, 0.1) is 6.26 Å². The van der Waals surface area contributed by atoms with E-state index in [2.05, 4.69) is 21.5 Å². The van der Waals surface area contributed by atoms with Gasteiger partial charge in [-0.25, -0.2) is 0 Å². The van der Waals surface area contributed by atoms with E-state index in [9.17, 15) is 0 Å². The topological polar surface area (TPSA) is 64.1 Å². The Morgan fingerprint density at radius 1 is 1.15 bits per heavy atom. The quantitative estimate of drug-likeness (QED) is 0.771. The number of hydrogen-bond donors (Lipinski definition) is 1. The van der Waals surface area contributed by atoms with Gasteiger partial charge in [0.2, 0.25) is 5.82 Å². The van der Waals surface area contributed by atoms with Crippen LogP contribution in [0.3, 0.4) is 0 Å². The van der Waals surface area contributed by atoms with Gasteiger partial charge in [-0.1, -0.05) is 23.4 Å². The standard InChI is InChI=1S/C15H15N3O2/c1-16-9-8-11-5-2-3-6-12(11)15-17-14(18-20-15)13-7-4-10-19-13/h2-7,10,16H,8-9H2,1H3. The van der Waals surface area contributed by atoms with Gasteiger partial charge in [0, 0.05) is 5.56 Å². The molecule has 0 unspecified atom stereocenters. The summed E-state index contributed by atoms with van der Waals surface area (Å²) >= 11 is 0. The molecule has 0 fully saturated rings. The van der Waals surface area contributed by atoms with Crippen LogP contribution in [-0.4, -0.2) is 23.7 Å². The van der Waals surface area contributed by atoms with Crippen LogP contribution in [0.1, 0.15) is 5.56 Å². The van der Waals surface area contributed by atoms with Gasteiger partial charge in [-0.2, -0.15) is 4.98 Å². The molecule has 0 bridgehead atoms. The van der Waals surface area contributed by atoms with E-state index in [1.54, 1.807) is 12.3 Å². The van der Waals surface area contributed by atoms with E-state index in [4.69, 9.17) is 8.94 Å². The lowest BCUT2D eigenvalue weighted by molar-refractivity contribution is 0.429. The first-order valence-electron chi connectivity index (χ1n) is 6.49. The molecule has 0 aliphatic rings. The van der Waals surface area contributed by atoms with E-state index in [1.807, 2.05) is 31.3 Å². The van der Waals surface area contributed by atoms with E-state index in [1.165, 1.54) is 5.56 Å². The Balaban J connectivity index is 1.93. The Bertz CT molecular complexity index is 674. The van der Waals surface area contributed by atoms with Gasteiger partial charge in [0.15, 0.2) is 5.76 Å². The highest BCUT2D eigenvalue weighted by Crippen LogP contribution is 2.25. The third-order valence-electron chi connectivity index (χ3n) is 3.06. The zero-order valence-corrected chi connectivity index (χ0v) is 11.2. The maximum atomic E-state index is 5.35. The number of furan rings is 1. The lowest BCUT2D eigenvalue weighted by Gasteiger charge is -2.04. The largest absolute Gasteiger partial charge is 0.461 e. The van der Waals surface area contributed by atoms with Crippen LogP contribution < -0.4 is 5.32 Å². The second-order valence-corrected chi connectivity index (χ2v) is 4.41. The van der Waals surface area contributed by atoms with Crippen LogP contribution in [0.25, 0.3) is 23.0 Å². The molecule has 102 valence electrons. The summed E-state index contributed by atoms with van der Waals surface area (Å²) in [6.45, 7) is 0.899. The second-order valence-electron chi connectivity index (χ2n) is 4.41. The van der Waals surface area contributed by atoms with Gasteiger partial charge < -0.3 is 14.3 Å². The van der Waals surface area contributed by atoms with Crippen molar-refractivity contribution in [3.8, 4) is 23.0 Å². The molecule has 0 aliphatic heterocycles. The summed E-state index contributed by atoms with van der Waals surface area (Å²) in [6, 6.07) is 11.6. The van der Waals surface area contributed by atoms with Gasteiger partial charge in [-0.15, -0.1) is 0 Å². The first-order chi connectivity index (χ1) is 9.88. The summed E-state index contributed by atoms with van der Waals surface area (Å²) < 4.78 is 10.6. The van der Waals surface area contributed by atoms with Gasteiger partial charge in [-0.3, -0.25) is 0 Å². The smallest absolute Gasteiger partial charge is 0.258 e. The molecule has 0 amide bonds. The van der Waals surface area contributed by atoms with Crippen molar-refractivity contribution >= 4 is 0 Å². The van der Waals surface area contributed by atoms with E-state index < -0.39 is 0 Å². The van der Waals surface area contributed by atoms with Crippen LogP contribution in [0.5, 0.6) is 0 Å². The summed E-state index contributed by atoms with van der Waals surface area (Å²) in [6.07, 6.45) is 2.50. The van der Waals surface area contributed by atoms with Crippen LogP contribution in [0.15, 0.2) is 51.6 Å². The second kappa shape index (κ2) is 5.71. The fourth-order valence-corrected chi connectivity index (χ4v) is 2.05. The average molecular weight is 269 g/mol. The number of hydrogen-bond acceptors (Lipinski definition) is 5. The van der Waals surface area contributed by atoms with Crippen molar-refractivity contribution in [2.75, 3.05) is 13.6 Å². The fraction of sp³-hybridized carbons (Fsp3) is 0.200. The molecule has 2 aromatic heterocycles. The number of benzene rings is 1. The molecule has 3 rings (SSSR count). The average Bonchev–Trinajstić information content (AvgIpc) is 3.15. The monoisotopic (exact) mass is 269 g/mol. The lowest BCUT2D eigenvalue weighted by atomic mass is 10.0. The molecule has 0 radical (unpaired) electrons. The molecule has 20 heavy (non-hydrogen) atoms. The summed E-state index contributed by atoms with van der Waals surface area (Å²) in [5, 5.41) is 7.10. The van der Waals surface area contributed by atoms with Gasteiger partial charge in [0.25, 0.3) is 5.89 Å². The summed E-state index contributed by atoms with van der Waals surface area (Å²) in [5.41, 5.74) is 2.14. The van der Waals surface area contributed by atoms with Crippen LogP contribution in [0.2, 0.25) is 0 Å². The van der Waals surface area contributed by atoms with E-state index in [-0.39, 0.29) is 0 Å². The highest BCUT2D eigenvalue weighted by atomic mass is 16.5. The molecule has 0 atom stereocenters. The van der Waals surface area contributed by atoms with Crippen LogP contribution in [0.4, 0.5) is 0 Å². The Hall–Kier alpha value is -2.40. The molecule has 3 aromatic rings. The van der Waals surface area contributed by atoms with Crippen molar-refractivity contribution in [2.24, 2.45) is 0 Å². The molecular formula is C15H15N3O2. The van der Waals surface area contributed by atoms with Crippen molar-refractivity contribution in [2.45, 2.75) is 6.42 Å². The summed E-state index contributed by atoms with van der Waals surface area (Å²) in [5.74, 6) is 1.59. The molecule has 2 heterocycles. The van der Waals surface area contributed by atoms with Gasteiger partial charge in [0.1, 0.15) is 0 Å². The SMILES string of the molecule is CNCCc1ccccc1-c1nc(-c2ccco2)no1. The Morgan fingerprint density at radius 3 is 2.85 bits per heavy atom. The van der Waals surface area contributed by atoms with Crippen LogP contribution in [0, 0.1) is 0 Å². The summed E-state index contributed by atoms with van der Waals surface area (Å²) in [4.78, 5) is 4.40. The lowest BCUT2D eigenvalue weighted by Crippen LogP contribution is -2.10. The fourth-order valence-electron chi connectivity index (χ4n) is 2.05. The predicted molar refractivity (Wildman–Crippen MR) is 75.1 cm³/mol. The molecule has 1 aromatic carbocycles. The highest BCUT2D eigenvalue weighted by Gasteiger charge is 2.14. The number of nitrogens with one attached hydrogen (secondary N) is 1. The number of rotatable bonds is 5. The molecule has 0 spiro atoms. The zero-order chi connectivity index (χ0) is 13.8. The Morgan fingerprint density at radius 2 is 2.05 bits per heavy atom. The number of aromatic nitrogens is 2. The minimum atomic E-state index is 0.466. The van der Waals surface area contributed by atoms with Crippen molar-refractivity contribution < 1.29 is 8.94 Å². The third kappa shape index (κ3) is 2.48. The molecular weight excluding hydrogens is 254 g/mol. The molecule has 0 saturated heterocycles. The zero-order valence-electron chi connectivity index (χ0n) is 11.2.